The van der Waals surface area contributed by atoms with Crippen molar-refractivity contribution in [1.29, 1.82) is 0 Å². The molecule has 21 heteroatoms. The van der Waals surface area contributed by atoms with Crippen LogP contribution in [0.4, 0.5) is 0 Å². The van der Waals surface area contributed by atoms with Crippen molar-refractivity contribution >= 4 is 69.9 Å². The van der Waals surface area contributed by atoms with Crippen molar-refractivity contribution in [3.05, 3.63) is 179 Å². The predicted octanol–water partition coefficient (Wildman–Crippen LogP) is 6.04. The number of aromatic nitrogens is 1. The van der Waals surface area contributed by atoms with E-state index in [-0.39, 0.29) is 107 Å². The predicted molar refractivity (Wildman–Crippen MR) is 365 cm³/mol. The molecule has 1 unspecified atom stereocenters. The molecule has 6 aromatic rings. The Balaban J connectivity index is 1.05. The Bertz CT molecular complexity index is 3440. The molecule has 0 radical (unpaired) electrons. The third-order valence-electron chi connectivity index (χ3n) is 17.7. The number of aromatic amines is 1. The Morgan fingerprint density at radius 3 is 1.79 bits per heavy atom. The molecule has 10 rings (SSSR count). The molecule has 2 bridgehead atoms. The maximum absolute atomic E-state index is 14.9. The lowest BCUT2D eigenvalue weighted by Crippen LogP contribution is -2.55. The van der Waals surface area contributed by atoms with Gasteiger partial charge in [0.2, 0.25) is 41.4 Å². The SMILES string of the molecule is NCCCC[C@H]1CN(C(=O)CCc2ccccc2)CC(=O)N[C@@H](Cc2ccccc2)CN(CC(N)=O)C(=O)CCSCc2ccc(cc2)C(=O)N[C@@H](Cc2ccccc2)CN(C(O)CC2CC2)CC(=O)N[C@@H](Cc2c[nH]c3ccccc23)CN(C(=O)CC2CC2)CC(=O)N1. The Morgan fingerprint density at radius 1 is 0.596 bits per heavy atom. The van der Waals surface area contributed by atoms with Crippen LogP contribution in [0.3, 0.4) is 0 Å². The van der Waals surface area contributed by atoms with Crippen molar-refractivity contribution in [3.63, 3.8) is 0 Å². The number of unbranched alkanes of at least 4 members (excludes halogenated alkanes) is 1. The number of aliphatic hydroxyl groups excluding tert-OH is 1. The molecular formula is C73H93N11O9S. The van der Waals surface area contributed by atoms with Gasteiger partial charge in [-0.15, -0.1) is 0 Å². The monoisotopic (exact) mass is 1300 g/mol. The lowest BCUT2D eigenvalue weighted by atomic mass is 10.0. The highest BCUT2D eigenvalue weighted by Gasteiger charge is 2.34. The molecule has 5 atom stereocenters. The van der Waals surface area contributed by atoms with E-state index in [1.165, 1.54) is 26.5 Å². The van der Waals surface area contributed by atoms with Gasteiger partial charge >= 0.3 is 0 Å². The number of rotatable bonds is 20. The molecule has 4 aliphatic rings. The summed E-state index contributed by atoms with van der Waals surface area (Å²) < 4.78 is 0. The number of primary amides is 1. The number of thioether (sulfide) groups is 1. The smallest absolute Gasteiger partial charge is 0.251 e. The third-order valence-corrected chi connectivity index (χ3v) is 18.7. The number of benzene rings is 5. The number of amides is 8. The molecule has 20 nitrogen and oxygen atoms in total. The number of fused-ring (bicyclic) bond motifs is 30. The van der Waals surface area contributed by atoms with E-state index >= 15 is 0 Å². The van der Waals surface area contributed by atoms with Gasteiger partial charge in [0.15, 0.2) is 0 Å². The number of carbonyl (C=O) groups is 8. The van der Waals surface area contributed by atoms with Crippen molar-refractivity contribution in [2.75, 3.05) is 64.7 Å². The molecule has 10 N–H and O–H groups in total. The lowest BCUT2D eigenvalue weighted by Gasteiger charge is -2.33. The molecule has 2 fully saturated rings. The minimum absolute atomic E-state index is 0.0479. The van der Waals surface area contributed by atoms with Crippen LogP contribution in [-0.4, -0.2) is 172 Å². The standard InChI is InChI=1S/C73H93N11O9S/c74-34-13-12-20-59-42-82(69(89)32-29-51-14-4-1-5-15-51)47-67(87)78-60(36-52-16-6-2-7-17-52)43-81(46-65(75)85)70(90)33-35-94-50-56-27-30-57(31-28-56)73(93)80-61(37-53-18-8-3-9-19-53)44-83(71(91)38-54-23-24-54)49-68(88)79-62(40-58-41-76-64-22-11-10-21-63(58)64)45-84(48-66(86)77-59)72(92)39-55-25-26-55/h1-11,14-19,21-22,27-28,30-31,41,54-55,59-62,71,76,91H,12-13,20,23-26,29,32-40,42-50,74H2,(H2,75,85)(H,77,86)(H,78,87)(H,79,88)(H,80,93)/t59-,60-,61-,62-,71?/m0/s1. The highest BCUT2D eigenvalue weighted by molar-refractivity contribution is 7.98. The van der Waals surface area contributed by atoms with Crippen LogP contribution in [0.25, 0.3) is 10.9 Å². The molecule has 94 heavy (non-hydrogen) atoms. The van der Waals surface area contributed by atoms with Crippen LogP contribution >= 0.6 is 11.8 Å². The summed E-state index contributed by atoms with van der Waals surface area (Å²) in [7, 11) is 0. The summed E-state index contributed by atoms with van der Waals surface area (Å²) in [6.45, 7) is -1.10. The molecule has 2 aliphatic heterocycles. The maximum atomic E-state index is 14.9. The normalized spacial score (nSPS) is 20.5. The van der Waals surface area contributed by atoms with Gasteiger partial charge in [-0.05, 0) is 122 Å². The second kappa shape index (κ2) is 35.8. The number of para-hydroxylation sites is 1. The van der Waals surface area contributed by atoms with Crippen LogP contribution in [0.2, 0.25) is 0 Å². The summed E-state index contributed by atoms with van der Waals surface area (Å²) in [5, 5.41) is 25.8. The average Bonchev–Trinajstić information content (AvgIpc) is 2.01. The van der Waals surface area contributed by atoms with Crippen LogP contribution in [0.5, 0.6) is 0 Å². The second-order valence-electron chi connectivity index (χ2n) is 25.7. The molecule has 5 aromatic carbocycles. The second-order valence-corrected chi connectivity index (χ2v) is 26.8. The van der Waals surface area contributed by atoms with Gasteiger partial charge in [-0.2, -0.15) is 11.8 Å². The number of aliphatic hydroxyl groups is 1. The Labute approximate surface area is 556 Å². The van der Waals surface area contributed by atoms with Crippen molar-refractivity contribution < 1.29 is 43.5 Å². The molecule has 2 saturated carbocycles. The highest BCUT2D eigenvalue weighted by atomic mass is 32.2. The van der Waals surface area contributed by atoms with E-state index in [4.69, 9.17) is 11.5 Å². The number of nitrogens with zero attached hydrogens (tertiary/aromatic N) is 4. The first kappa shape index (κ1) is 70.0. The van der Waals surface area contributed by atoms with Gasteiger partial charge in [0.25, 0.3) is 5.91 Å². The van der Waals surface area contributed by atoms with Crippen LogP contribution in [-0.2, 0) is 65.0 Å². The molecule has 2 aliphatic carbocycles. The molecule has 3 heterocycles. The van der Waals surface area contributed by atoms with E-state index in [1.807, 2.05) is 134 Å². The lowest BCUT2D eigenvalue weighted by molar-refractivity contribution is -0.138. The van der Waals surface area contributed by atoms with Gasteiger partial charge in [0, 0.05) is 91.7 Å². The first-order chi connectivity index (χ1) is 45.6. The summed E-state index contributed by atoms with van der Waals surface area (Å²) in [5.41, 5.74) is 17.6. The van der Waals surface area contributed by atoms with Gasteiger partial charge < -0.3 is 57.5 Å². The van der Waals surface area contributed by atoms with Gasteiger partial charge in [-0.3, -0.25) is 43.3 Å². The molecule has 1 aromatic heterocycles. The van der Waals surface area contributed by atoms with Crippen LogP contribution in [0.1, 0.15) is 109 Å². The van der Waals surface area contributed by atoms with Crippen LogP contribution < -0.4 is 32.7 Å². The van der Waals surface area contributed by atoms with Crippen molar-refractivity contribution in [2.45, 2.75) is 132 Å². The summed E-state index contributed by atoms with van der Waals surface area (Å²) in [5.74, 6) is -2.08. The van der Waals surface area contributed by atoms with E-state index in [0.717, 1.165) is 64.4 Å². The Kier molecular flexibility index (Phi) is 26.6. The van der Waals surface area contributed by atoms with Gasteiger partial charge in [0.05, 0.1) is 38.3 Å². The van der Waals surface area contributed by atoms with Gasteiger partial charge in [0.1, 0.15) is 6.23 Å². The third kappa shape index (κ3) is 23.3. The van der Waals surface area contributed by atoms with E-state index in [2.05, 4.69) is 26.3 Å². The van der Waals surface area contributed by atoms with Crippen molar-refractivity contribution in [2.24, 2.45) is 23.3 Å². The number of aryl methyl sites for hydroxylation is 1. The van der Waals surface area contributed by atoms with E-state index < -0.39 is 67.1 Å². The quantitative estimate of drug-likeness (QED) is 0.0321. The van der Waals surface area contributed by atoms with Gasteiger partial charge in [-0.25, -0.2) is 0 Å². The fourth-order valence-electron chi connectivity index (χ4n) is 12.3. The number of nitrogens with one attached hydrogen (secondary N) is 5. The fourth-order valence-corrected chi connectivity index (χ4v) is 13.2. The number of hydrogen-bond acceptors (Lipinski definition) is 12. The van der Waals surface area contributed by atoms with Crippen molar-refractivity contribution in [1.82, 2.24) is 45.9 Å². The molecular weight excluding hydrogens is 1210 g/mol. The van der Waals surface area contributed by atoms with Crippen LogP contribution in [0, 0.1) is 11.8 Å². The molecule has 0 spiro atoms. The largest absolute Gasteiger partial charge is 0.378 e. The first-order valence-electron chi connectivity index (χ1n) is 33.4. The minimum Gasteiger partial charge on any atom is -0.378 e. The summed E-state index contributed by atoms with van der Waals surface area (Å²) in [6, 6.07) is 41.0. The Morgan fingerprint density at radius 2 is 1.16 bits per heavy atom. The number of carbonyl (C=O) groups excluding carboxylic acids is 8. The summed E-state index contributed by atoms with van der Waals surface area (Å²) >= 11 is 1.51. The molecule has 8 amide bonds. The maximum Gasteiger partial charge on any atom is 0.251 e. The van der Waals surface area contributed by atoms with E-state index in [0.29, 0.717) is 62.1 Å². The van der Waals surface area contributed by atoms with Gasteiger partial charge in [-0.1, -0.05) is 141 Å². The summed E-state index contributed by atoms with van der Waals surface area (Å²) in [6.07, 6.45) is 8.17. The van der Waals surface area contributed by atoms with E-state index in [1.54, 1.807) is 17.0 Å². The summed E-state index contributed by atoms with van der Waals surface area (Å²) in [4.78, 5) is 124. The number of nitrogens with two attached hydrogens (primary N) is 2. The fraction of sp³-hybridized carbons (Fsp3) is 0.452. The van der Waals surface area contributed by atoms with E-state index in [9.17, 15) is 43.5 Å². The zero-order chi connectivity index (χ0) is 66.2. The average molecular weight is 1300 g/mol. The zero-order valence-electron chi connectivity index (χ0n) is 53.8. The zero-order valence-corrected chi connectivity index (χ0v) is 54.7. The van der Waals surface area contributed by atoms with Crippen LogP contribution in [0.15, 0.2) is 146 Å². The first-order valence-corrected chi connectivity index (χ1v) is 34.5. The molecule has 0 saturated heterocycles. The number of H-pyrrole nitrogens is 1. The highest BCUT2D eigenvalue weighted by Crippen LogP contribution is 2.35. The Hall–Kier alpha value is -8.37. The minimum atomic E-state index is -1.03. The number of hydrogen-bond donors (Lipinski definition) is 8. The topological polar surface area (TPSA) is 286 Å². The van der Waals surface area contributed by atoms with Crippen molar-refractivity contribution in [3.8, 4) is 0 Å². The molecule has 500 valence electrons.